The van der Waals surface area contributed by atoms with Gasteiger partial charge in [0.25, 0.3) is 5.91 Å². The fourth-order valence-corrected chi connectivity index (χ4v) is 2.25. The lowest BCUT2D eigenvalue weighted by Crippen LogP contribution is -2.39. The molecule has 0 aliphatic carbocycles. The van der Waals surface area contributed by atoms with Gasteiger partial charge in [-0.2, -0.15) is 0 Å². The molecule has 0 aliphatic rings. The van der Waals surface area contributed by atoms with Gasteiger partial charge in [0.1, 0.15) is 0 Å². The van der Waals surface area contributed by atoms with Gasteiger partial charge in [0.2, 0.25) is 5.75 Å². The largest absolute Gasteiger partial charge is 0.493 e. The summed E-state index contributed by atoms with van der Waals surface area (Å²) in [6.45, 7) is 5.07. The molecule has 0 aromatic heterocycles. The van der Waals surface area contributed by atoms with Gasteiger partial charge in [0, 0.05) is 13.6 Å². The van der Waals surface area contributed by atoms with E-state index < -0.39 is 0 Å². The van der Waals surface area contributed by atoms with Crippen LogP contribution in [0.3, 0.4) is 0 Å². The molecule has 0 radical (unpaired) electrons. The highest BCUT2D eigenvalue weighted by molar-refractivity contribution is 5.98. The number of benzene rings is 1. The average molecular weight is 347 g/mol. The van der Waals surface area contributed by atoms with E-state index in [0.717, 1.165) is 0 Å². The van der Waals surface area contributed by atoms with Crippen LogP contribution in [-0.2, 0) is 0 Å². The van der Waals surface area contributed by atoms with Crippen LogP contribution < -0.4 is 19.9 Å². The molecule has 2 N–H and O–H groups in total. The first-order valence-corrected chi connectivity index (χ1v) is 7.05. The van der Waals surface area contributed by atoms with Crippen LogP contribution in [0, 0.1) is 5.41 Å². The fraction of sp³-hybridized carbons (Fsp3) is 0.562. The molecular weight excluding hydrogens is 320 g/mol. The van der Waals surface area contributed by atoms with Crippen LogP contribution in [0.5, 0.6) is 17.2 Å². The number of methoxy groups -OCH3 is 3. The summed E-state index contributed by atoms with van der Waals surface area (Å²) in [6, 6.07) is 3.37. The maximum absolute atomic E-state index is 12.7. The Balaban J connectivity index is 0.00000484. The quantitative estimate of drug-likeness (QED) is 0.819. The number of rotatable bonds is 7. The third-order valence-corrected chi connectivity index (χ3v) is 3.50. The van der Waals surface area contributed by atoms with Crippen molar-refractivity contribution in [1.29, 1.82) is 0 Å². The number of ether oxygens (including phenoxy) is 3. The van der Waals surface area contributed by atoms with E-state index in [1.807, 2.05) is 13.8 Å². The van der Waals surface area contributed by atoms with E-state index in [1.54, 1.807) is 24.1 Å². The molecule has 0 bridgehead atoms. The summed E-state index contributed by atoms with van der Waals surface area (Å²) in [5.74, 6) is 1.13. The molecule has 23 heavy (non-hydrogen) atoms. The van der Waals surface area contributed by atoms with Gasteiger partial charge in [-0.25, -0.2) is 0 Å². The lowest BCUT2D eigenvalue weighted by atomic mass is 9.93. The summed E-state index contributed by atoms with van der Waals surface area (Å²) in [6.07, 6.45) is 0. The fourth-order valence-electron chi connectivity index (χ4n) is 2.25. The molecular formula is C16H27ClN2O4. The first-order chi connectivity index (χ1) is 10.3. The topological polar surface area (TPSA) is 74.0 Å². The number of carbonyl (C=O) groups excluding carboxylic acids is 1. The first-order valence-electron chi connectivity index (χ1n) is 7.05. The number of amides is 1. The summed E-state index contributed by atoms with van der Waals surface area (Å²) >= 11 is 0. The highest BCUT2D eigenvalue weighted by atomic mass is 35.5. The summed E-state index contributed by atoms with van der Waals surface area (Å²) in [5.41, 5.74) is 6.00. The smallest absolute Gasteiger partial charge is 0.257 e. The predicted molar refractivity (Wildman–Crippen MR) is 93.1 cm³/mol. The molecule has 1 aromatic carbocycles. The van der Waals surface area contributed by atoms with Crippen molar-refractivity contribution in [3.8, 4) is 17.2 Å². The Labute approximate surface area is 144 Å². The van der Waals surface area contributed by atoms with Crippen LogP contribution in [0.4, 0.5) is 0 Å². The molecule has 0 fully saturated rings. The Morgan fingerprint density at radius 3 is 2.13 bits per heavy atom. The van der Waals surface area contributed by atoms with Crippen molar-refractivity contribution in [1.82, 2.24) is 4.90 Å². The molecule has 0 aliphatic heterocycles. The van der Waals surface area contributed by atoms with Crippen LogP contribution in [0.2, 0.25) is 0 Å². The van der Waals surface area contributed by atoms with Crippen molar-refractivity contribution in [2.24, 2.45) is 11.1 Å². The van der Waals surface area contributed by atoms with Crippen molar-refractivity contribution >= 4 is 18.3 Å². The zero-order valence-electron chi connectivity index (χ0n) is 14.6. The minimum atomic E-state index is -0.159. The van der Waals surface area contributed by atoms with E-state index >= 15 is 0 Å². The molecule has 1 amide bonds. The predicted octanol–water partition coefficient (Wildman–Crippen LogP) is 2.19. The Morgan fingerprint density at radius 2 is 1.70 bits per heavy atom. The number of nitrogens with two attached hydrogens (primary N) is 1. The highest BCUT2D eigenvalue weighted by Crippen LogP contribution is 2.40. The van der Waals surface area contributed by atoms with Crippen LogP contribution in [0.25, 0.3) is 0 Å². The Bertz CT molecular complexity index is 535. The Hall–Kier alpha value is -1.66. The number of carbonyl (C=O) groups is 1. The maximum atomic E-state index is 12.7. The number of halogens is 1. The second-order valence-corrected chi connectivity index (χ2v) is 5.91. The maximum Gasteiger partial charge on any atom is 0.257 e. The third-order valence-electron chi connectivity index (χ3n) is 3.50. The molecule has 6 nitrogen and oxygen atoms in total. The van der Waals surface area contributed by atoms with Crippen LogP contribution in [0.15, 0.2) is 12.1 Å². The van der Waals surface area contributed by atoms with Gasteiger partial charge in [0.15, 0.2) is 11.5 Å². The third kappa shape index (κ3) is 4.91. The average Bonchev–Trinajstić information content (AvgIpc) is 2.51. The van der Waals surface area contributed by atoms with Crippen LogP contribution in [0.1, 0.15) is 24.2 Å². The Morgan fingerprint density at radius 1 is 1.13 bits per heavy atom. The van der Waals surface area contributed by atoms with Crippen molar-refractivity contribution < 1.29 is 19.0 Å². The van der Waals surface area contributed by atoms with Crippen LogP contribution >= 0.6 is 12.4 Å². The highest BCUT2D eigenvalue weighted by Gasteiger charge is 2.26. The second-order valence-electron chi connectivity index (χ2n) is 5.91. The lowest BCUT2D eigenvalue weighted by molar-refractivity contribution is 0.0736. The van der Waals surface area contributed by atoms with Gasteiger partial charge in [-0.1, -0.05) is 13.8 Å². The van der Waals surface area contributed by atoms with E-state index in [-0.39, 0.29) is 23.7 Å². The minimum Gasteiger partial charge on any atom is -0.493 e. The summed E-state index contributed by atoms with van der Waals surface area (Å²) in [7, 11) is 6.29. The molecule has 0 unspecified atom stereocenters. The number of hydrogen-bond donors (Lipinski definition) is 1. The lowest BCUT2D eigenvalue weighted by Gasteiger charge is -2.29. The molecule has 7 heteroatoms. The normalized spacial score (nSPS) is 10.6. The molecule has 0 saturated carbocycles. The SMILES string of the molecule is COc1ccc(C(=O)N(C)CC(C)(C)CN)c(OC)c1OC.Cl. The van der Waals surface area contributed by atoms with Crippen molar-refractivity contribution in [2.45, 2.75) is 13.8 Å². The molecule has 1 aromatic rings. The van der Waals surface area contributed by atoms with Gasteiger partial charge in [-0.05, 0) is 24.1 Å². The van der Waals surface area contributed by atoms with Crippen molar-refractivity contribution in [3.63, 3.8) is 0 Å². The molecule has 0 atom stereocenters. The zero-order valence-corrected chi connectivity index (χ0v) is 15.5. The zero-order chi connectivity index (χ0) is 16.9. The van der Waals surface area contributed by atoms with Crippen molar-refractivity contribution in [2.75, 3.05) is 41.5 Å². The van der Waals surface area contributed by atoms with E-state index in [0.29, 0.717) is 35.9 Å². The number of nitrogens with zero attached hydrogens (tertiary/aromatic N) is 1. The molecule has 132 valence electrons. The minimum absolute atomic E-state index is 0. The van der Waals surface area contributed by atoms with E-state index in [9.17, 15) is 4.79 Å². The van der Waals surface area contributed by atoms with E-state index in [2.05, 4.69) is 0 Å². The van der Waals surface area contributed by atoms with Gasteiger partial charge < -0.3 is 24.8 Å². The van der Waals surface area contributed by atoms with E-state index in [4.69, 9.17) is 19.9 Å². The van der Waals surface area contributed by atoms with E-state index in [1.165, 1.54) is 21.3 Å². The van der Waals surface area contributed by atoms with Gasteiger partial charge in [-0.15, -0.1) is 12.4 Å². The molecule has 1 rings (SSSR count). The first kappa shape index (κ1) is 21.3. The summed E-state index contributed by atoms with van der Waals surface area (Å²) in [4.78, 5) is 14.3. The van der Waals surface area contributed by atoms with Gasteiger partial charge >= 0.3 is 0 Å². The summed E-state index contributed by atoms with van der Waals surface area (Å²) < 4.78 is 15.9. The summed E-state index contributed by atoms with van der Waals surface area (Å²) in [5, 5.41) is 0. The monoisotopic (exact) mass is 346 g/mol. The van der Waals surface area contributed by atoms with Gasteiger partial charge in [0.05, 0.1) is 26.9 Å². The number of hydrogen-bond acceptors (Lipinski definition) is 5. The Kier molecular flexibility index (Phi) is 8.20. The second kappa shape index (κ2) is 8.84. The standard InChI is InChI=1S/C16H26N2O4.ClH/c1-16(2,9-17)10-18(3)15(19)11-7-8-12(20-4)14(22-6)13(11)21-5;/h7-8H,9-10,17H2,1-6H3;1H. The van der Waals surface area contributed by atoms with Crippen LogP contribution in [-0.4, -0.2) is 52.3 Å². The van der Waals surface area contributed by atoms with Gasteiger partial charge in [-0.3, -0.25) is 4.79 Å². The van der Waals surface area contributed by atoms with Crippen molar-refractivity contribution in [3.05, 3.63) is 17.7 Å². The molecule has 0 heterocycles. The molecule has 0 saturated heterocycles. The molecule has 0 spiro atoms.